The molecule has 92 valence electrons. The molecule has 3 nitrogen and oxygen atoms in total. The van der Waals surface area contributed by atoms with E-state index in [4.69, 9.17) is 0 Å². The van der Waals surface area contributed by atoms with Gasteiger partial charge in [-0.3, -0.25) is 4.79 Å². The van der Waals surface area contributed by atoms with Crippen LogP contribution in [-0.4, -0.2) is 19.0 Å². The summed E-state index contributed by atoms with van der Waals surface area (Å²) in [6, 6.07) is 6.15. The second-order valence-electron chi connectivity index (χ2n) is 4.47. The van der Waals surface area contributed by atoms with Gasteiger partial charge in [0.25, 0.3) is 0 Å². The lowest BCUT2D eigenvalue weighted by molar-refractivity contribution is -0.125. The lowest BCUT2D eigenvalue weighted by Gasteiger charge is -2.17. The number of amides is 1. The molecule has 2 rings (SSSR count). The summed E-state index contributed by atoms with van der Waals surface area (Å²) in [4.78, 5) is 11.9. The number of halogens is 1. The van der Waals surface area contributed by atoms with Crippen LogP contribution in [0, 0.1) is 11.7 Å². The number of hydrogen-bond donors (Lipinski definition) is 2. The Morgan fingerprint density at radius 2 is 2.18 bits per heavy atom. The van der Waals surface area contributed by atoms with Crippen molar-refractivity contribution in [2.75, 3.05) is 13.1 Å². The van der Waals surface area contributed by atoms with E-state index in [1.54, 1.807) is 12.1 Å². The fourth-order valence-electron chi connectivity index (χ4n) is 2.04. The maximum Gasteiger partial charge on any atom is 0.224 e. The van der Waals surface area contributed by atoms with Crippen LogP contribution in [0.15, 0.2) is 24.3 Å². The van der Waals surface area contributed by atoms with E-state index < -0.39 is 0 Å². The molecule has 0 aromatic heterocycles. The summed E-state index contributed by atoms with van der Waals surface area (Å²) in [5.41, 5.74) is 0.922. The van der Waals surface area contributed by atoms with E-state index >= 15 is 0 Å². The monoisotopic (exact) mass is 236 g/mol. The van der Waals surface area contributed by atoms with Gasteiger partial charge in [0.2, 0.25) is 5.91 Å². The average molecular weight is 236 g/mol. The molecule has 1 unspecified atom stereocenters. The number of rotatable bonds is 3. The highest BCUT2D eigenvalue weighted by atomic mass is 19.1. The predicted octanol–water partition coefficient (Wildman–Crippen LogP) is 1.61. The third-order valence-corrected chi connectivity index (χ3v) is 3.16. The zero-order chi connectivity index (χ0) is 12.3. The Morgan fingerprint density at radius 1 is 1.47 bits per heavy atom. The normalized spacial score (nSPS) is 21.2. The SMILES string of the molecule is C[C@@H](NC(=O)C1CCNC1)c1ccc(F)cc1. The zero-order valence-electron chi connectivity index (χ0n) is 9.87. The highest BCUT2D eigenvalue weighted by Gasteiger charge is 2.23. The standard InChI is InChI=1S/C13H17FN2O/c1-9(10-2-4-12(14)5-3-10)16-13(17)11-6-7-15-8-11/h2-5,9,11,15H,6-8H2,1H3,(H,16,17)/t9-,11?/m1/s1. The first-order chi connectivity index (χ1) is 8.16. The van der Waals surface area contributed by atoms with Crippen molar-refractivity contribution < 1.29 is 9.18 Å². The van der Waals surface area contributed by atoms with Crippen LogP contribution in [0.25, 0.3) is 0 Å². The van der Waals surface area contributed by atoms with Crippen molar-refractivity contribution in [2.24, 2.45) is 5.92 Å². The van der Waals surface area contributed by atoms with E-state index in [-0.39, 0.29) is 23.7 Å². The maximum atomic E-state index is 12.8. The number of carbonyl (C=O) groups excluding carboxylic acids is 1. The first-order valence-electron chi connectivity index (χ1n) is 5.93. The number of benzene rings is 1. The lowest BCUT2D eigenvalue weighted by atomic mass is 10.1. The minimum Gasteiger partial charge on any atom is -0.349 e. The van der Waals surface area contributed by atoms with Crippen molar-refractivity contribution in [3.8, 4) is 0 Å². The molecule has 1 aliphatic rings. The van der Waals surface area contributed by atoms with Crippen molar-refractivity contribution in [3.63, 3.8) is 0 Å². The zero-order valence-corrected chi connectivity index (χ0v) is 9.87. The fraction of sp³-hybridized carbons (Fsp3) is 0.462. The fourth-order valence-corrected chi connectivity index (χ4v) is 2.04. The van der Waals surface area contributed by atoms with Crippen molar-refractivity contribution in [1.29, 1.82) is 0 Å². The molecule has 0 radical (unpaired) electrons. The molecule has 1 aliphatic heterocycles. The van der Waals surface area contributed by atoms with Crippen LogP contribution < -0.4 is 10.6 Å². The Morgan fingerprint density at radius 3 is 2.76 bits per heavy atom. The molecule has 0 spiro atoms. The van der Waals surface area contributed by atoms with E-state index in [0.29, 0.717) is 0 Å². The first-order valence-corrected chi connectivity index (χ1v) is 5.93. The largest absolute Gasteiger partial charge is 0.349 e. The van der Waals surface area contributed by atoms with Crippen LogP contribution in [0.4, 0.5) is 4.39 Å². The molecule has 2 N–H and O–H groups in total. The smallest absolute Gasteiger partial charge is 0.224 e. The van der Waals surface area contributed by atoms with Gasteiger partial charge in [-0.2, -0.15) is 0 Å². The van der Waals surface area contributed by atoms with Gasteiger partial charge in [-0.15, -0.1) is 0 Å². The predicted molar refractivity (Wildman–Crippen MR) is 63.9 cm³/mol. The molecule has 0 bridgehead atoms. The van der Waals surface area contributed by atoms with Crippen LogP contribution in [0.1, 0.15) is 24.9 Å². The number of hydrogen-bond acceptors (Lipinski definition) is 2. The third-order valence-electron chi connectivity index (χ3n) is 3.16. The van der Waals surface area contributed by atoms with Gasteiger partial charge in [0, 0.05) is 6.54 Å². The Bertz CT molecular complexity index is 385. The van der Waals surface area contributed by atoms with Crippen molar-refractivity contribution in [2.45, 2.75) is 19.4 Å². The Labute approximate surface area is 100 Å². The van der Waals surface area contributed by atoms with Gasteiger partial charge in [-0.05, 0) is 37.6 Å². The Hall–Kier alpha value is -1.42. The lowest BCUT2D eigenvalue weighted by Crippen LogP contribution is -2.33. The molecular weight excluding hydrogens is 219 g/mol. The number of carbonyl (C=O) groups is 1. The average Bonchev–Trinajstić information content (AvgIpc) is 2.83. The molecule has 2 atom stereocenters. The summed E-state index contributed by atoms with van der Waals surface area (Å²) in [6.07, 6.45) is 0.891. The molecule has 1 fully saturated rings. The van der Waals surface area contributed by atoms with E-state index in [0.717, 1.165) is 25.1 Å². The van der Waals surface area contributed by atoms with Crippen LogP contribution in [0.2, 0.25) is 0 Å². The number of nitrogens with one attached hydrogen (secondary N) is 2. The molecular formula is C13H17FN2O. The summed E-state index contributed by atoms with van der Waals surface area (Å²) < 4.78 is 12.8. The van der Waals surface area contributed by atoms with Gasteiger partial charge in [0.05, 0.1) is 12.0 Å². The Balaban J connectivity index is 1.93. The molecule has 4 heteroatoms. The van der Waals surface area contributed by atoms with Crippen LogP contribution in [0.3, 0.4) is 0 Å². The van der Waals surface area contributed by atoms with Crippen molar-refractivity contribution >= 4 is 5.91 Å². The van der Waals surface area contributed by atoms with E-state index in [1.165, 1.54) is 12.1 Å². The molecule has 17 heavy (non-hydrogen) atoms. The molecule has 0 saturated carbocycles. The quantitative estimate of drug-likeness (QED) is 0.837. The van der Waals surface area contributed by atoms with Gasteiger partial charge < -0.3 is 10.6 Å². The molecule has 1 aromatic carbocycles. The van der Waals surface area contributed by atoms with Crippen LogP contribution in [-0.2, 0) is 4.79 Å². The van der Waals surface area contributed by atoms with Gasteiger partial charge >= 0.3 is 0 Å². The van der Waals surface area contributed by atoms with Crippen molar-refractivity contribution in [1.82, 2.24) is 10.6 Å². The first kappa shape index (κ1) is 12.0. The minimum absolute atomic E-state index is 0.0675. The third kappa shape index (κ3) is 3.03. The minimum atomic E-state index is -0.257. The second kappa shape index (κ2) is 5.27. The van der Waals surface area contributed by atoms with Gasteiger partial charge in [-0.25, -0.2) is 4.39 Å². The Kier molecular flexibility index (Phi) is 3.74. The van der Waals surface area contributed by atoms with Crippen molar-refractivity contribution in [3.05, 3.63) is 35.6 Å². The highest BCUT2D eigenvalue weighted by molar-refractivity contribution is 5.79. The summed E-state index contributed by atoms with van der Waals surface area (Å²) in [7, 11) is 0. The van der Waals surface area contributed by atoms with Gasteiger partial charge in [-0.1, -0.05) is 12.1 Å². The molecule has 1 saturated heterocycles. The second-order valence-corrected chi connectivity index (χ2v) is 4.47. The van der Waals surface area contributed by atoms with Crippen LogP contribution in [0.5, 0.6) is 0 Å². The highest BCUT2D eigenvalue weighted by Crippen LogP contribution is 2.15. The summed E-state index contributed by atoms with van der Waals surface area (Å²) in [5.74, 6) is -0.114. The topological polar surface area (TPSA) is 41.1 Å². The maximum absolute atomic E-state index is 12.8. The van der Waals surface area contributed by atoms with E-state index in [1.807, 2.05) is 6.92 Å². The summed E-state index contributed by atoms with van der Waals surface area (Å²) >= 11 is 0. The summed E-state index contributed by atoms with van der Waals surface area (Å²) in [6.45, 7) is 3.57. The van der Waals surface area contributed by atoms with E-state index in [9.17, 15) is 9.18 Å². The van der Waals surface area contributed by atoms with E-state index in [2.05, 4.69) is 10.6 Å². The van der Waals surface area contributed by atoms with Gasteiger partial charge in [0.1, 0.15) is 5.82 Å². The molecule has 1 aromatic rings. The summed E-state index contributed by atoms with van der Waals surface area (Å²) in [5, 5.41) is 6.12. The van der Waals surface area contributed by atoms with Gasteiger partial charge in [0.15, 0.2) is 0 Å². The van der Waals surface area contributed by atoms with Crippen LogP contribution >= 0.6 is 0 Å². The molecule has 1 amide bonds. The molecule has 1 heterocycles. The molecule has 0 aliphatic carbocycles.